The maximum absolute atomic E-state index is 5.76. The molecule has 0 aromatic carbocycles. The van der Waals surface area contributed by atoms with Gasteiger partial charge in [0.25, 0.3) is 0 Å². The van der Waals surface area contributed by atoms with Crippen LogP contribution in [-0.2, 0) is 0 Å². The smallest absolute Gasteiger partial charge is 0.0960 e. The third kappa shape index (κ3) is 6.36. The van der Waals surface area contributed by atoms with Crippen LogP contribution in [0, 0.1) is 0 Å². The Morgan fingerprint density at radius 3 is 2.88 bits per heavy atom. The van der Waals surface area contributed by atoms with E-state index in [1.807, 2.05) is 12.1 Å². The third-order valence-electron chi connectivity index (χ3n) is 2.12. The topological polar surface area (TPSA) is 24.9 Å². The predicted octanol–water partition coefficient (Wildman–Crippen LogP) is 3.61. The van der Waals surface area contributed by atoms with Crippen molar-refractivity contribution < 1.29 is 0 Å². The van der Waals surface area contributed by atoms with Crippen LogP contribution in [0.3, 0.4) is 0 Å². The van der Waals surface area contributed by atoms with E-state index in [9.17, 15) is 0 Å². The molecule has 0 fully saturated rings. The minimum Gasteiger partial charge on any atom is -0.317 e. The van der Waals surface area contributed by atoms with Crippen molar-refractivity contribution in [2.24, 2.45) is 0 Å². The van der Waals surface area contributed by atoms with E-state index in [1.165, 1.54) is 19.3 Å². The van der Waals surface area contributed by atoms with Gasteiger partial charge in [-0.05, 0) is 50.2 Å². The van der Waals surface area contributed by atoms with Gasteiger partial charge in [-0.1, -0.05) is 18.5 Å². The SMILES string of the molecule is CCCNCCCCSc1ccc(Cl)cn1. The normalized spacial score (nSPS) is 10.6. The zero-order valence-corrected chi connectivity index (χ0v) is 11.3. The van der Waals surface area contributed by atoms with Gasteiger partial charge in [0.1, 0.15) is 0 Å². The number of rotatable bonds is 8. The highest BCUT2D eigenvalue weighted by Gasteiger charge is 1.95. The first-order valence-electron chi connectivity index (χ1n) is 5.78. The van der Waals surface area contributed by atoms with Gasteiger partial charge in [-0.3, -0.25) is 0 Å². The molecule has 0 aliphatic heterocycles. The van der Waals surface area contributed by atoms with Crippen molar-refractivity contribution in [3.8, 4) is 0 Å². The Morgan fingerprint density at radius 2 is 2.19 bits per heavy atom. The van der Waals surface area contributed by atoms with Gasteiger partial charge < -0.3 is 5.32 Å². The van der Waals surface area contributed by atoms with Crippen LogP contribution in [0.5, 0.6) is 0 Å². The first-order chi connectivity index (χ1) is 7.83. The molecule has 1 heterocycles. The Bertz CT molecular complexity index is 277. The lowest BCUT2D eigenvalue weighted by atomic mass is 10.3. The summed E-state index contributed by atoms with van der Waals surface area (Å²) in [5.74, 6) is 1.13. The predicted molar refractivity (Wildman–Crippen MR) is 72.4 cm³/mol. The Labute approximate surface area is 107 Å². The van der Waals surface area contributed by atoms with Crippen LogP contribution in [0.1, 0.15) is 26.2 Å². The minimum absolute atomic E-state index is 0.702. The van der Waals surface area contributed by atoms with Crippen LogP contribution in [0.2, 0.25) is 5.02 Å². The first-order valence-corrected chi connectivity index (χ1v) is 7.14. The van der Waals surface area contributed by atoms with Crippen molar-refractivity contribution >= 4 is 23.4 Å². The molecule has 0 unspecified atom stereocenters. The van der Waals surface area contributed by atoms with E-state index in [1.54, 1.807) is 18.0 Å². The van der Waals surface area contributed by atoms with Crippen molar-refractivity contribution in [1.29, 1.82) is 0 Å². The van der Waals surface area contributed by atoms with Gasteiger partial charge in [-0.2, -0.15) is 0 Å². The number of pyridine rings is 1. The van der Waals surface area contributed by atoms with Gasteiger partial charge in [-0.15, -0.1) is 11.8 Å². The molecule has 0 saturated carbocycles. The molecule has 0 bridgehead atoms. The number of nitrogens with zero attached hydrogens (tertiary/aromatic N) is 1. The van der Waals surface area contributed by atoms with E-state index in [4.69, 9.17) is 11.6 Å². The van der Waals surface area contributed by atoms with Crippen LogP contribution in [0.25, 0.3) is 0 Å². The summed E-state index contributed by atoms with van der Waals surface area (Å²) in [4.78, 5) is 4.24. The summed E-state index contributed by atoms with van der Waals surface area (Å²) in [6.45, 7) is 4.45. The number of hydrogen-bond donors (Lipinski definition) is 1. The molecule has 0 aliphatic rings. The van der Waals surface area contributed by atoms with Crippen molar-refractivity contribution in [2.75, 3.05) is 18.8 Å². The number of thioether (sulfide) groups is 1. The standard InChI is InChI=1S/C12H19ClN2S/c1-2-7-14-8-3-4-9-16-12-6-5-11(13)10-15-12/h5-6,10,14H,2-4,7-9H2,1H3. The fraction of sp³-hybridized carbons (Fsp3) is 0.583. The summed E-state index contributed by atoms with van der Waals surface area (Å²) in [7, 11) is 0. The van der Waals surface area contributed by atoms with Crippen LogP contribution in [-0.4, -0.2) is 23.8 Å². The summed E-state index contributed by atoms with van der Waals surface area (Å²) < 4.78 is 0. The molecule has 90 valence electrons. The molecule has 1 aromatic heterocycles. The van der Waals surface area contributed by atoms with E-state index in [2.05, 4.69) is 17.2 Å². The lowest BCUT2D eigenvalue weighted by Crippen LogP contribution is -2.15. The van der Waals surface area contributed by atoms with Gasteiger partial charge in [0.15, 0.2) is 0 Å². The first kappa shape index (κ1) is 13.8. The second-order valence-corrected chi connectivity index (χ2v) is 5.17. The number of aromatic nitrogens is 1. The summed E-state index contributed by atoms with van der Waals surface area (Å²) in [6.07, 6.45) is 5.38. The van der Waals surface area contributed by atoms with E-state index in [-0.39, 0.29) is 0 Å². The maximum atomic E-state index is 5.76. The number of hydrogen-bond acceptors (Lipinski definition) is 3. The van der Waals surface area contributed by atoms with E-state index < -0.39 is 0 Å². The number of nitrogens with one attached hydrogen (secondary N) is 1. The molecule has 0 aliphatic carbocycles. The Hall–Kier alpha value is -0.250. The molecule has 0 atom stereocenters. The zero-order valence-electron chi connectivity index (χ0n) is 9.71. The fourth-order valence-electron chi connectivity index (χ4n) is 1.28. The molecule has 0 radical (unpaired) electrons. The van der Waals surface area contributed by atoms with Crippen LogP contribution >= 0.6 is 23.4 Å². The molecule has 1 N–H and O–H groups in total. The molecule has 4 heteroatoms. The van der Waals surface area contributed by atoms with Crippen molar-refractivity contribution in [3.05, 3.63) is 23.4 Å². The lowest BCUT2D eigenvalue weighted by molar-refractivity contribution is 0.635. The van der Waals surface area contributed by atoms with Crippen molar-refractivity contribution in [1.82, 2.24) is 10.3 Å². The highest BCUT2D eigenvalue weighted by atomic mass is 35.5. The molecular weight excluding hydrogens is 240 g/mol. The second-order valence-electron chi connectivity index (χ2n) is 3.62. The van der Waals surface area contributed by atoms with Crippen LogP contribution < -0.4 is 5.32 Å². The maximum Gasteiger partial charge on any atom is 0.0960 e. The summed E-state index contributed by atoms with van der Waals surface area (Å²) in [5, 5.41) is 5.16. The lowest BCUT2D eigenvalue weighted by Gasteiger charge is -2.03. The molecule has 1 aromatic rings. The van der Waals surface area contributed by atoms with Gasteiger partial charge in [0.2, 0.25) is 0 Å². The van der Waals surface area contributed by atoms with Crippen LogP contribution in [0.4, 0.5) is 0 Å². The van der Waals surface area contributed by atoms with Gasteiger partial charge in [0.05, 0.1) is 10.0 Å². The highest BCUT2D eigenvalue weighted by molar-refractivity contribution is 7.99. The van der Waals surface area contributed by atoms with E-state index in [0.717, 1.165) is 23.9 Å². The summed E-state index contributed by atoms with van der Waals surface area (Å²) in [6, 6.07) is 3.86. The molecule has 0 spiro atoms. The van der Waals surface area contributed by atoms with E-state index in [0.29, 0.717) is 5.02 Å². The third-order valence-corrected chi connectivity index (χ3v) is 3.38. The largest absolute Gasteiger partial charge is 0.317 e. The quantitative estimate of drug-likeness (QED) is 0.570. The van der Waals surface area contributed by atoms with Gasteiger partial charge >= 0.3 is 0 Å². The molecule has 0 saturated heterocycles. The molecule has 1 rings (SSSR count). The van der Waals surface area contributed by atoms with Gasteiger partial charge in [0, 0.05) is 6.20 Å². The summed E-state index contributed by atoms with van der Waals surface area (Å²) in [5.41, 5.74) is 0. The number of halogens is 1. The van der Waals surface area contributed by atoms with Crippen molar-refractivity contribution in [3.63, 3.8) is 0 Å². The highest BCUT2D eigenvalue weighted by Crippen LogP contribution is 2.18. The van der Waals surface area contributed by atoms with Crippen LogP contribution in [0.15, 0.2) is 23.4 Å². The van der Waals surface area contributed by atoms with E-state index >= 15 is 0 Å². The Morgan fingerprint density at radius 1 is 1.31 bits per heavy atom. The average molecular weight is 259 g/mol. The average Bonchev–Trinajstić information content (AvgIpc) is 2.30. The Balaban J connectivity index is 2.01. The molecular formula is C12H19ClN2S. The summed E-state index contributed by atoms with van der Waals surface area (Å²) >= 11 is 7.56. The monoisotopic (exact) mass is 258 g/mol. The fourth-order valence-corrected chi connectivity index (χ4v) is 2.24. The van der Waals surface area contributed by atoms with Crippen molar-refractivity contribution in [2.45, 2.75) is 31.2 Å². The Kier molecular flexibility index (Phi) is 7.64. The molecule has 16 heavy (non-hydrogen) atoms. The van der Waals surface area contributed by atoms with Gasteiger partial charge in [-0.25, -0.2) is 4.98 Å². The second kappa shape index (κ2) is 8.85. The zero-order chi connectivity index (χ0) is 11.6. The minimum atomic E-state index is 0.702. The number of unbranched alkanes of at least 4 members (excludes halogenated alkanes) is 1. The molecule has 2 nitrogen and oxygen atoms in total. The molecule has 0 amide bonds.